The van der Waals surface area contributed by atoms with Crippen LogP contribution in [0.15, 0.2) is 66.7 Å². The van der Waals surface area contributed by atoms with Crippen molar-refractivity contribution in [2.45, 2.75) is 32.4 Å². The van der Waals surface area contributed by atoms with Gasteiger partial charge < -0.3 is 10.1 Å². The van der Waals surface area contributed by atoms with E-state index < -0.39 is 23.5 Å². The maximum absolute atomic E-state index is 13.2. The molecular weight excluding hydrogens is 368 g/mol. The second kappa shape index (κ2) is 7.91. The van der Waals surface area contributed by atoms with E-state index in [-0.39, 0.29) is 5.78 Å². The van der Waals surface area contributed by atoms with Crippen LogP contribution >= 0.6 is 0 Å². The molecule has 1 aliphatic heterocycles. The predicted octanol–water partition coefficient (Wildman–Crippen LogP) is 3.68. The number of amides is 3. The Hall–Kier alpha value is -3.41. The van der Waals surface area contributed by atoms with Gasteiger partial charge >= 0.3 is 6.03 Å². The number of nitrogens with one attached hydrogen (secondary N) is 1. The molecule has 6 heteroatoms. The van der Waals surface area contributed by atoms with E-state index in [2.05, 4.69) is 11.9 Å². The second-order valence-electron chi connectivity index (χ2n) is 7.41. The summed E-state index contributed by atoms with van der Waals surface area (Å²) in [5, 5.41) is 2.73. The van der Waals surface area contributed by atoms with Crippen molar-refractivity contribution in [2.75, 3.05) is 6.61 Å². The van der Waals surface area contributed by atoms with E-state index in [4.69, 9.17) is 4.74 Å². The van der Waals surface area contributed by atoms with Crippen LogP contribution in [0.1, 0.15) is 36.7 Å². The molecule has 0 spiro atoms. The normalized spacial score (nSPS) is 19.6. The van der Waals surface area contributed by atoms with Crippen LogP contribution in [-0.4, -0.2) is 35.3 Å². The van der Waals surface area contributed by atoms with E-state index in [1.807, 2.05) is 6.92 Å². The number of hydrogen-bond acceptors (Lipinski definition) is 4. The minimum absolute atomic E-state index is 0.290. The third-order valence-electron chi connectivity index (χ3n) is 4.96. The summed E-state index contributed by atoms with van der Waals surface area (Å²) >= 11 is 0. The molecule has 150 valence electrons. The van der Waals surface area contributed by atoms with E-state index in [9.17, 15) is 14.4 Å². The molecule has 1 N–H and O–H groups in total. The van der Waals surface area contributed by atoms with Crippen LogP contribution in [0, 0.1) is 0 Å². The van der Waals surface area contributed by atoms with E-state index in [0.717, 1.165) is 10.5 Å². The Bertz CT molecular complexity index is 953. The molecule has 1 fully saturated rings. The standard InChI is InChI=1S/C23H24N2O4/c1-15(2)14-29-19-12-10-18(11-13-19)23(4)21(27)25(22(28)24-23)16(3)20(26)17-8-6-5-7-9-17/h5-13,16H,1,14H2,2-4H3,(H,24,28). The van der Waals surface area contributed by atoms with Crippen LogP contribution in [0.2, 0.25) is 0 Å². The van der Waals surface area contributed by atoms with Gasteiger partial charge in [-0.05, 0) is 44.0 Å². The summed E-state index contributed by atoms with van der Waals surface area (Å²) in [7, 11) is 0. The average molecular weight is 392 g/mol. The molecular formula is C23H24N2O4. The molecule has 29 heavy (non-hydrogen) atoms. The maximum atomic E-state index is 13.2. The molecule has 0 aromatic heterocycles. The molecule has 0 saturated carbocycles. The molecule has 2 unspecified atom stereocenters. The molecule has 1 saturated heterocycles. The third kappa shape index (κ3) is 3.92. The lowest BCUT2D eigenvalue weighted by atomic mass is 9.91. The first kappa shape index (κ1) is 20.3. The van der Waals surface area contributed by atoms with Gasteiger partial charge in [0, 0.05) is 5.56 Å². The van der Waals surface area contributed by atoms with Crippen LogP contribution in [0.25, 0.3) is 0 Å². The van der Waals surface area contributed by atoms with Crippen LogP contribution in [0.4, 0.5) is 4.79 Å². The van der Waals surface area contributed by atoms with Gasteiger partial charge in [0.05, 0.1) is 0 Å². The molecule has 2 aromatic carbocycles. The highest BCUT2D eigenvalue weighted by Crippen LogP contribution is 2.31. The number of hydrogen-bond donors (Lipinski definition) is 1. The Kier molecular flexibility index (Phi) is 5.55. The Labute approximate surface area is 170 Å². The molecule has 2 atom stereocenters. The Morgan fingerprint density at radius 1 is 1.14 bits per heavy atom. The molecule has 3 amide bonds. The number of nitrogens with zero attached hydrogens (tertiary/aromatic N) is 1. The van der Waals surface area contributed by atoms with Gasteiger partial charge in [-0.2, -0.15) is 0 Å². The fraction of sp³-hybridized carbons (Fsp3) is 0.261. The van der Waals surface area contributed by atoms with Crippen molar-refractivity contribution in [3.05, 3.63) is 77.9 Å². The number of ketones is 1. The maximum Gasteiger partial charge on any atom is 0.325 e. The lowest BCUT2D eigenvalue weighted by molar-refractivity contribution is -0.131. The first-order valence-corrected chi connectivity index (χ1v) is 9.37. The number of rotatable bonds is 7. The molecule has 6 nitrogen and oxygen atoms in total. The average Bonchev–Trinajstić information content (AvgIpc) is 2.95. The summed E-state index contributed by atoms with van der Waals surface area (Å²) in [4.78, 5) is 39.5. The number of benzene rings is 2. The summed E-state index contributed by atoms with van der Waals surface area (Å²) in [6, 6.07) is 14.1. The van der Waals surface area contributed by atoms with E-state index in [0.29, 0.717) is 23.5 Å². The predicted molar refractivity (Wildman–Crippen MR) is 110 cm³/mol. The first-order valence-electron chi connectivity index (χ1n) is 9.37. The lowest BCUT2D eigenvalue weighted by Crippen LogP contribution is -2.45. The zero-order valence-corrected chi connectivity index (χ0v) is 16.8. The quantitative estimate of drug-likeness (QED) is 0.443. The first-order chi connectivity index (χ1) is 13.7. The molecule has 0 aliphatic carbocycles. The molecule has 1 heterocycles. The number of carbonyl (C=O) groups excluding carboxylic acids is 3. The van der Waals surface area contributed by atoms with Crippen molar-refractivity contribution in [3.63, 3.8) is 0 Å². The topological polar surface area (TPSA) is 75.7 Å². The number of ether oxygens (including phenoxy) is 1. The van der Waals surface area contributed by atoms with E-state index in [1.54, 1.807) is 68.4 Å². The van der Waals surface area contributed by atoms with Crippen molar-refractivity contribution in [1.82, 2.24) is 10.2 Å². The minimum Gasteiger partial charge on any atom is -0.489 e. The zero-order chi connectivity index (χ0) is 21.2. The van der Waals surface area contributed by atoms with Gasteiger partial charge in [0.1, 0.15) is 23.9 Å². The van der Waals surface area contributed by atoms with Gasteiger partial charge in [-0.25, -0.2) is 4.79 Å². The summed E-state index contributed by atoms with van der Waals surface area (Å²) in [6.07, 6.45) is 0. The third-order valence-corrected chi connectivity index (χ3v) is 4.96. The van der Waals surface area contributed by atoms with E-state index in [1.165, 1.54) is 0 Å². The fourth-order valence-electron chi connectivity index (χ4n) is 3.26. The largest absolute Gasteiger partial charge is 0.489 e. The monoisotopic (exact) mass is 392 g/mol. The van der Waals surface area contributed by atoms with Crippen LogP contribution in [0.5, 0.6) is 5.75 Å². The number of imide groups is 1. The Morgan fingerprint density at radius 3 is 2.34 bits per heavy atom. The fourth-order valence-corrected chi connectivity index (χ4v) is 3.26. The van der Waals surface area contributed by atoms with Gasteiger partial charge in [0.15, 0.2) is 5.78 Å². The van der Waals surface area contributed by atoms with Crippen LogP contribution in [-0.2, 0) is 10.3 Å². The number of Topliss-reactive ketones (excluding diaryl/α,β-unsaturated/α-hetero) is 1. The van der Waals surface area contributed by atoms with Crippen molar-refractivity contribution in [3.8, 4) is 5.75 Å². The Morgan fingerprint density at radius 2 is 1.76 bits per heavy atom. The van der Waals surface area contributed by atoms with Crippen LogP contribution in [0.3, 0.4) is 0 Å². The summed E-state index contributed by atoms with van der Waals surface area (Å²) in [5.41, 5.74) is 0.704. The zero-order valence-electron chi connectivity index (χ0n) is 16.8. The molecule has 1 aliphatic rings. The summed E-state index contributed by atoms with van der Waals surface area (Å²) < 4.78 is 5.58. The van der Waals surface area contributed by atoms with Gasteiger partial charge in [0.25, 0.3) is 5.91 Å². The SMILES string of the molecule is C=C(C)COc1ccc(C2(C)NC(=O)N(C(C)C(=O)c3ccccc3)C2=O)cc1. The van der Waals surface area contributed by atoms with Gasteiger partial charge in [-0.1, -0.05) is 49.0 Å². The molecule has 3 rings (SSSR count). The van der Waals surface area contributed by atoms with Gasteiger partial charge in [-0.15, -0.1) is 0 Å². The molecule has 0 radical (unpaired) electrons. The van der Waals surface area contributed by atoms with Gasteiger partial charge in [0.2, 0.25) is 0 Å². The second-order valence-corrected chi connectivity index (χ2v) is 7.41. The Balaban J connectivity index is 1.81. The highest BCUT2D eigenvalue weighted by atomic mass is 16.5. The highest BCUT2D eigenvalue weighted by Gasteiger charge is 2.51. The van der Waals surface area contributed by atoms with Gasteiger partial charge in [-0.3, -0.25) is 14.5 Å². The lowest BCUT2D eigenvalue weighted by Gasteiger charge is -2.24. The summed E-state index contributed by atoms with van der Waals surface area (Å²) in [6.45, 7) is 9.26. The van der Waals surface area contributed by atoms with Crippen molar-refractivity contribution >= 4 is 17.7 Å². The molecule has 0 bridgehead atoms. The van der Waals surface area contributed by atoms with Crippen LogP contribution < -0.4 is 10.1 Å². The van der Waals surface area contributed by atoms with Crippen molar-refractivity contribution in [1.29, 1.82) is 0 Å². The number of carbonyl (C=O) groups is 3. The van der Waals surface area contributed by atoms with E-state index >= 15 is 0 Å². The number of urea groups is 1. The van der Waals surface area contributed by atoms with Crippen molar-refractivity contribution in [2.24, 2.45) is 0 Å². The smallest absolute Gasteiger partial charge is 0.325 e. The minimum atomic E-state index is -1.25. The van der Waals surface area contributed by atoms with Crippen molar-refractivity contribution < 1.29 is 19.1 Å². The highest BCUT2D eigenvalue weighted by molar-refractivity contribution is 6.12. The summed E-state index contributed by atoms with van der Waals surface area (Å²) in [5.74, 6) is -0.113. The molecule has 2 aromatic rings.